The van der Waals surface area contributed by atoms with E-state index in [-0.39, 0.29) is 12.5 Å². The minimum atomic E-state index is -0.150. The number of methoxy groups -OCH3 is 1. The van der Waals surface area contributed by atoms with E-state index in [9.17, 15) is 4.79 Å². The van der Waals surface area contributed by atoms with Crippen molar-refractivity contribution < 1.29 is 14.6 Å². The number of ether oxygens (including phenoxy) is 1. The number of nitrogens with one attached hydrogen (secondary N) is 1. The van der Waals surface area contributed by atoms with Crippen molar-refractivity contribution in [1.82, 2.24) is 9.55 Å². The second kappa shape index (κ2) is 7.36. The first kappa shape index (κ1) is 17.0. The van der Waals surface area contributed by atoms with Gasteiger partial charge < -0.3 is 15.2 Å². The Hall–Kier alpha value is -2.86. The first-order valence-corrected chi connectivity index (χ1v) is 8.17. The molecule has 0 atom stereocenters. The molecule has 0 aliphatic carbocycles. The van der Waals surface area contributed by atoms with E-state index in [1.165, 1.54) is 6.92 Å². The van der Waals surface area contributed by atoms with Gasteiger partial charge in [-0.15, -0.1) is 0 Å². The van der Waals surface area contributed by atoms with Crippen LogP contribution in [0.25, 0.3) is 16.7 Å². The number of para-hydroxylation sites is 2. The number of rotatable bonds is 6. The number of aliphatic hydroxyl groups excluding tert-OH is 1. The van der Waals surface area contributed by atoms with Gasteiger partial charge in [-0.1, -0.05) is 12.1 Å². The van der Waals surface area contributed by atoms with E-state index >= 15 is 0 Å². The van der Waals surface area contributed by atoms with E-state index in [4.69, 9.17) is 14.8 Å². The predicted octanol–water partition coefficient (Wildman–Crippen LogP) is 2.92. The molecule has 0 unspecified atom stereocenters. The van der Waals surface area contributed by atoms with E-state index in [0.717, 1.165) is 22.5 Å². The molecule has 0 bridgehead atoms. The Kier molecular flexibility index (Phi) is 5.00. The number of aliphatic hydroxyl groups is 1. The Morgan fingerprint density at radius 1 is 1.28 bits per heavy atom. The summed E-state index contributed by atoms with van der Waals surface area (Å²) in [6.45, 7) is 1.58. The molecule has 0 saturated heterocycles. The normalized spacial score (nSPS) is 10.8. The van der Waals surface area contributed by atoms with Gasteiger partial charge in [0.2, 0.25) is 5.91 Å². The second-order valence-electron chi connectivity index (χ2n) is 5.75. The molecular formula is C19H21N3O3. The highest BCUT2D eigenvalue weighted by molar-refractivity contribution is 5.90. The fourth-order valence-corrected chi connectivity index (χ4v) is 2.88. The molecule has 0 saturated carbocycles. The van der Waals surface area contributed by atoms with Gasteiger partial charge >= 0.3 is 0 Å². The van der Waals surface area contributed by atoms with Crippen LogP contribution in [0.4, 0.5) is 5.69 Å². The van der Waals surface area contributed by atoms with Crippen LogP contribution in [0, 0.1) is 0 Å². The zero-order valence-corrected chi connectivity index (χ0v) is 14.3. The average molecular weight is 339 g/mol. The van der Waals surface area contributed by atoms with Crippen molar-refractivity contribution in [3.8, 4) is 11.4 Å². The number of amides is 1. The van der Waals surface area contributed by atoms with Crippen molar-refractivity contribution >= 4 is 22.6 Å². The standard InChI is InChI=1S/C19H21N3O3/c1-13(24)20-16-10-9-14(12-18(16)25-2)22-17-7-4-3-6-15(17)21-19(22)8-5-11-23/h3-4,6-7,9-10,12,23H,5,8,11H2,1-2H3,(H,20,24). The van der Waals surface area contributed by atoms with Crippen molar-refractivity contribution in [2.75, 3.05) is 19.0 Å². The van der Waals surface area contributed by atoms with Crippen molar-refractivity contribution in [3.05, 3.63) is 48.3 Å². The maximum atomic E-state index is 11.3. The number of benzene rings is 2. The summed E-state index contributed by atoms with van der Waals surface area (Å²) in [4.78, 5) is 16.0. The summed E-state index contributed by atoms with van der Waals surface area (Å²) < 4.78 is 7.49. The summed E-state index contributed by atoms with van der Waals surface area (Å²) in [6.07, 6.45) is 1.31. The molecule has 0 fully saturated rings. The molecule has 3 aromatic rings. The molecule has 0 aliphatic rings. The lowest BCUT2D eigenvalue weighted by atomic mass is 10.2. The summed E-state index contributed by atoms with van der Waals surface area (Å²) in [5.41, 5.74) is 3.41. The van der Waals surface area contributed by atoms with Crippen molar-refractivity contribution in [1.29, 1.82) is 0 Å². The van der Waals surface area contributed by atoms with Gasteiger partial charge in [0.15, 0.2) is 0 Å². The quantitative estimate of drug-likeness (QED) is 0.724. The molecule has 3 rings (SSSR count). The third-order valence-corrected chi connectivity index (χ3v) is 3.94. The van der Waals surface area contributed by atoms with E-state index in [1.807, 2.05) is 42.5 Å². The average Bonchev–Trinajstić information content (AvgIpc) is 2.98. The third-order valence-electron chi connectivity index (χ3n) is 3.94. The van der Waals surface area contributed by atoms with Crippen molar-refractivity contribution in [2.24, 2.45) is 0 Å². The highest BCUT2D eigenvalue weighted by Crippen LogP contribution is 2.30. The van der Waals surface area contributed by atoms with E-state index in [1.54, 1.807) is 7.11 Å². The van der Waals surface area contributed by atoms with Crippen LogP contribution in [0.5, 0.6) is 5.75 Å². The molecule has 0 aliphatic heterocycles. The molecule has 0 spiro atoms. The van der Waals surface area contributed by atoms with Crippen LogP contribution < -0.4 is 10.1 Å². The topological polar surface area (TPSA) is 76.4 Å². The molecule has 130 valence electrons. The summed E-state index contributed by atoms with van der Waals surface area (Å²) in [7, 11) is 1.57. The molecule has 25 heavy (non-hydrogen) atoms. The van der Waals surface area contributed by atoms with Crippen LogP contribution in [0.15, 0.2) is 42.5 Å². The molecule has 1 amide bonds. The lowest BCUT2D eigenvalue weighted by Crippen LogP contribution is -2.08. The van der Waals surface area contributed by atoms with E-state index < -0.39 is 0 Å². The van der Waals surface area contributed by atoms with Crippen LogP contribution >= 0.6 is 0 Å². The number of hydrogen-bond acceptors (Lipinski definition) is 4. The number of fused-ring (bicyclic) bond motifs is 1. The number of carbonyl (C=O) groups is 1. The zero-order chi connectivity index (χ0) is 17.8. The molecular weight excluding hydrogens is 318 g/mol. The maximum absolute atomic E-state index is 11.3. The fraction of sp³-hybridized carbons (Fsp3) is 0.263. The Bertz CT molecular complexity index is 902. The number of nitrogens with zero attached hydrogens (tertiary/aromatic N) is 2. The monoisotopic (exact) mass is 339 g/mol. The highest BCUT2D eigenvalue weighted by atomic mass is 16.5. The molecule has 1 aromatic heterocycles. The van der Waals surface area contributed by atoms with Gasteiger partial charge in [0.1, 0.15) is 11.6 Å². The molecule has 6 nitrogen and oxygen atoms in total. The lowest BCUT2D eigenvalue weighted by molar-refractivity contribution is -0.114. The van der Waals surface area contributed by atoms with Gasteiger partial charge in [-0.2, -0.15) is 0 Å². The van der Waals surface area contributed by atoms with Gasteiger partial charge in [-0.3, -0.25) is 9.36 Å². The van der Waals surface area contributed by atoms with Gasteiger partial charge in [0, 0.05) is 26.0 Å². The number of aryl methyl sites for hydroxylation is 1. The van der Waals surface area contributed by atoms with Crippen molar-refractivity contribution in [2.45, 2.75) is 19.8 Å². The number of hydrogen-bond donors (Lipinski definition) is 2. The van der Waals surface area contributed by atoms with Gasteiger partial charge in [-0.25, -0.2) is 4.98 Å². The number of imidazole rings is 1. The van der Waals surface area contributed by atoms with Crippen molar-refractivity contribution in [3.63, 3.8) is 0 Å². The Morgan fingerprint density at radius 3 is 2.80 bits per heavy atom. The Morgan fingerprint density at radius 2 is 2.08 bits per heavy atom. The van der Waals surface area contributed by atoms with Crippen LogP contribution in [-0.2, 0) is 11.2 Å². The summed E-state index contributed by atoms with van der Waals surface area (Å²) in [5, 5.41) is 11.9. The third kappa shape index (κ3) is 3.49. The molecule has 0 radical (unpaired) electrons. The first-order valence-electron chi connectivity index (χ1n) is 8.17. The smallest absolute Gasteiger partial charge is 0.221 e. The summed E-state index contributed by atoms with van der Waals surface area (Å²) in [6, 6.07) is 13.5. The van der Waals surface area contributed by atoms with Crippen LogP contribution in [0.1, 0.15) is 19.2 Å². The van der Waals surface area contributed by atoms with Crippen LogP contribution in [-0.4, -0.2) is 34.3 Å². The highest BCUT2D eigenvalue weighted by Gasteiger charge is 2.14. The summed E-state index contributed by atoms with van der Waals surface area (Å²) in [5.74, 6) is 1.31. The molecule has 1 heterocycles. The number of anilines is 1. The van der Waals surface area contributed by atoms with Gasteiger partial charge in [0.05, 0.1) is 29.5 Å². The fourth-order valence-electron chi connectivity index (χ4n) is 2.88. The van der Waals surface area contributed by atoms with E-state index in [0.29, 0.717) is 24.3 Å². The lowest BCUT2D eigenvalue weighted by Gasteiger charge is -2.14. The Labute approximate surface area is 146 Å². The molecule has 2 aromatic carbocycles. The predicted molar refractivity (Wildman–Crippen MR) is 97.3 cm³/mol. The molecule has 2 N–H and O–H groups in total. The van der Waals surface area contributed by atoms with Gasteiger partial charge in [-0.05, 0) is 30.7 Å². The largest absolute Gasteiger partial charge is 0.494 e. The van der Waals surface area contributed by atoms with E-state index in [2.05, 4.69) is 9.88 Å². The Balaban J connectivity index is 2.13. The SMILES string of the molecule is COc1cc(-n2c(CCCO)nc3ccccc32)ccc1NC(C)=O. The molecule has 6 heteroatoms. The summed E-state index contributed by atoms with van der Waals surface area (Å²) >= 11 is 0. The van der Waals surface area contributed by atoms with Crippen LogP contribution in [0.2, 0.25) is 0 Å². The second-order valence-corrected chi connectivity index (χ2v) is 5.75. The number of carbonyl (C=O) groups excluding carboxylic acids is 1. The zero-order valence-electron chi connectivity index (χ0n) is 14.3. The first-order chi connectivity index (χ1) is 12.1. The van der Waals surface area contributed by atoms with Crippen LogP contribution in [0.3, 0.4) is 0 Å². The minimum absolute atomic E-state index is 0.119. The number of aromatic nitrogens is 2. The maximum Gasteiger partial charge on any atom is 0.221 e. The van der Waals surface area contributed by atoms with Gasteiger partial charge in [0.25, 0.3) is 0 Å². The minimum Gasteiger partial charge on any atom is -0.494 e.